The van der Waals surface area contributed by atoms with E-state index < -0.39 is 18.9 Å². The van der Waals surface area contributed by atoms with Crippen LogP contribution in [0.1, 0.15) is 17.5 Å². The lowest BCUT2D eigenvalue weighted by molar-refractivity contribution is -0.126. The normalized spacial score (nSPS) is 19.0. The highest BCUT2D eigenvalue weighted by molar-refractivity contribution is 5.37. The van der Waals surface area contributed by atoms with Crippen LogP contribution in [0.3, 0.4) is 0 Å². The highest BCUT2D eigenvalue weighted by Gasteiger charge is 2.40. The van der Waals surface area contributed by atoms with E-state index in [9.17, 15) is 17.6 Å². The zero-order chi connectivity index (χ0) is 14.8. The molecular formula is C14H17F4NO. The molecule has 0 radical (unpaired) electrons. The molecule has 0 saturated heterocycles. The largest absolute Gasteiger partial charge is 0.497 e. The molecule has 1 unspecified atom stereocenters. The van der Waals surface area contributed by atoms with Crippen LogP contribution in [0.4, 0.5) is 17.6 Å². The monoisotopic (exact) mass is 291 g/mol. The molecule has 1 aliphatic carbocycles. The van der Waals surface area contributed by atoms with Gasteiger partial charge in [0.2, 0.25) is 0 Å². The number of benzene rings is 1. The average molecular weight is 291 g/mol. The van der Waals surface area contributed by atoms with Crippen LogP contribution in [-0.4, -0.2) is 32.0 Å². The Hall–Kier alpha value is -1.30. The average Bonchev–Trinajstić information content (AvgIpc) is 2.44. The van der Waals surface area contributed by atoms with E-state index in [2.05, 4.69) is 5.32 Å². The molecule has 1 aliphatic rings. The van der Waals surface area contributed by atoms with E-state index in [1.807, 2.05) is 18.2 Å². The number of aryl methyl sites for hydroxylation is 1. The van der Waals surface area contributed by atoms with Crippen LogP contribution in [-0.2, 0) is 12.8 Å². The first-order valence-electron chi connectivity index (χ1n) is 6.47. The Morgan fingerprint density at radius 3 is 2.75 bits per heavy atom. The van der Waals surface area contributed by atoms with Crippen molar-refractivity contribution in [3.63, 3.8) is 0 Å². The molecule has 0 saturated carbocycles. The fourth-order valence-corrected chi connectivity index (χ4v) is 2.39. The number of nitrogens with one attached hydrogen (secondary N) is 1. The van der Waals surface area contributed by atoms with Gasteiger partial charge < -0.3 is 10.1 Å². The summed E-state index contributed by atoms with van der Waals surface area (Å²) >= 11 is 0. The van der Waals surface area contributed by atoms with Gasteiger partial charge in [-0.25, -0.2) is 8.78 Å². The van der Waals surface area contributed by atoms with Crippen LogP contribution in [0, 0.1) is 0 Å². The Kier molecular flexibility index (Phi) is 4.52. The molecule has 1 aromatic carbocycles. The lowest BCUT2D eigenvalue weighted by Crippen LogP contribution is -2.45. The van der Waals surface area contributed by atoms with Gasteiger partial charge in [0.1, 0.15) is 5.75 Å². The molecule has 1 aromatic rings. The molecule has 0 amide bonds. The number of hydrogen-bond donors (Lipinski definition) is 1. The van der Waals surface area contributed by atoms with Gasteiger partial charge >= 0.3 is 12.3 Å². The maximum absolute atomic E-state index is 12.9. The summed E-state index contributed by atoms with van der Waals surface area (Å²) in [5.41, 5.74) is 2.18. The van der Waals surface area contributed by atoms with Crippen LogP contribution in [0.2, 0.25) is 0 Å². The number of halogens is 4. The quantitative estimate of drug-likeness (QED) is 0.842. The zero-order valence-corrected chi connectivity index (χ0v) is 11.1. The van der Waals surface area contributed by atoms with E-state index >= 15 is 0 Å². The van der Waals surface area contributed by atoms with Gasteiger partial charge in [-0.1, -0.05) is 6.07 Å². The number of methoxy groups -OCH3 is 1. The van der Waals surface area contributed by atoms with Gasteiger partial charge in [0.05, 0.1) is 13.7 Å². The van der Waals surface area contributed by atoms with E-state index in [-0.39, 0.29) is 6.04 Å². The number of alkyl halides is 4. The molecule has 0 heterocycles. The van der Waals surface area contributed by atoms with Crippen molar-refractivity contribution in [2.75, 3.05) is 13.7 Å². The molecular weight excluding hydrogens is 274 g/mol. The van der Waals surface area contributed by atoms with Crippen molar-refractivity contribution < 1.29 is 22.3 Å². The van der Waals surface area contributed by atoms with Gasteiger partial charge in [-0.05, 0) is 42.5 Å². The van der Waals surface area contributed by atoms with Crippen molar-refractivity contribution >= 4 is 0 Å². The summed E-state index contributed by atoms with van der Waals surface area (Å²) in [5.74, 6) is -3.27. The van der Waals surface area contributed by atoms with Crippen molar-refractivity contribution in [2.45, 2.75) is 37.7 Å². The standard InChI is InChI=1S/C14H17F4NO/c1-20-12-5-3-9-2-4-11(6-10(9)7-12)19-8-14(17,18)13(15)16/h3,5,7,11,13,19H,2,4,6,8H2,1H3. The molecule has 0 fully saturated rings. The Morgan fingerprint density at radius 2 is 2.10 bits per heavy atom. The summed E-state index contributed by atoms with van der Waals surface area (Å²) in [5, 5.41) is 2.55. The Morgan fingerprint density at radius 1 is 1.35 bits per heavy atom. The second-order valence-corrected chi connectivity index (χ2v) is 5.02. The van der Waals surface area contributed by atoms with Crippen LogP contribution >= 0.6 is 0 Å². The molecule has 0 bridgehead atoms. The van der Waals surface area contributed by atoms with Crippen molar-refractivity contribution in [3.05, 3.63) is 29.3 Å². The summed E-state index contributed by atoms with van der Waals surface area (Å²) in [6, 6.07) is 5.48. The number of rotatable bonds is 5. The van der Waals surface area contributed by atoms with Gasteiger partial charge in [0.15, 0.2) is 0 Å². The fraction of sp³-hybridized carbons (Fsp3) is 0.571. The molecule has 2 rings (SSSR count). The molecule has 1 atom stereocenters. The lowest BCUT2D eigenvalue weighted by atomic mass is 9.88. The fourth-order valence-electron chi connectivity index (χ4n) is 2.39. The Balaban J connectivity index is 1.97. The first kappa shape index (κ1) is 15.1. The molecule has 1 N–H and O–H groups in total. The Labute approximate surface area is 115 Å². The minimum absolute atomic E-state index is 0.209. The maximum Gasteiger partial charge on any atom is 0.319 e. The lowest BCUT2D eigenvalue weighted by Gasteiger charge is -2.27. The van der Waals surface area contributed by atoms with E-state index in [1.54, 1.807) is 7.11 Å². The summed E-state index contributed by atoms with van der Waals surface area (Å²) in [4.78, 5) is 0. The van der Waals surface area contributed by atoms with Gasteiger partial charge in [-0.3, -0.25) is 0 Å². The first-order chi connectivity index (χ1) is 9.42. The summed E-state index contributed by atoms with van der Waals surface area (Å²) in [6.45, 7) is -0.991. The SMILES string of the molecule is COc1ccc2c(c1)CC(NCC(F)(F)C(F)F)CC2. The molecule has 2 nitrogen and oxygen atoms in total. The third-order valence-corrected chi connectivity index (χ3v) is 3.59. The molecule has 112 valence electrons. The van der Waals surface area contributed by atoms with E-state index in [0.717, 1.165) is 17.5 Å². The van der Waals surface area contributed by atoms with E-state index in [0.29, 0.717) is 18.6 Å². The molecule has 0 aliphatic heterocycles. The van der Waals surface area contributed by atoms with Crippen molar-refractivity contribution in [1.82, 2.24) is 5.32 Å². The van der Waals surface area contributed by atoms with Crippen LogP contribution in [0.15, 0.2) is 18.2 Å². The van der Waals surface area contributed by atoms with Crippen LogP contribution in [0.25, 0.3) is 0 Å². The minimum Gasteiger partial charge on any atom is -0.497 e. The summed E-state index contributed by atoms with van der Waals surface area (Å²) in [6.07, 6.45) is -1.67. The van der Waals surface area contributed by atoms with Gasteiger partial charge in [-0.2, -0.15) is 8.78 Å². The second-order valence-electron chi connectivity index (χ2n) is 5.02. The topological polar surface area (TPSA) is 21.3 Å². The van der Waals surface area contributed by atoms with Crippen LogP contribution in [0.5, 0.6) is 5.75 Å². The molecule has 0 aromatic heterocycles. The summed E-state index contributed by atoms with van der Waals surface area (Å²) < 4.78 is 55.1. The summed E-state index contributed by atoms with van der Waals surface area (Å²) in [7, 11) is 1.56. The molecule has 20 heavy (non-hydrogen) atoms. The number of ether oxygens (including phenoxy) is 1. The molecule has 6 heteroatoms. The number of hydrogen-bond acceptors (Lipinski definition) is 2. The van der Waals surface area contributed by atoms with Gasteiger partial charge in [0, 0.05) is 6.04 Å². The maximum atomic E-state index is 12.9. The van der Waals surface area contributed by atoms with E-state index in [1.165, 1.54) is 0 Å². The molecule has 0 spiro atoms. The first-order valence-corrected chi connectivity index (χ1v) is 6.47. The van der Waals surface area contributed by atoms with Crippen LogP contribution < -0.4 is 10.1 Å². The van der Waals surface area contributed by atoms with Gasteiger partial charge in [0.25, 0.3) is 0 Å². The van der Waals surface area contributed by atoms with Gasteiger partial charge in [-0.15, -0.1) is 0 Å². The Bertz CT molecular complexity index is 464. The third kappa shape index (κ3) is 3.42. The minimum atomic E-state index is -3.98. The second kappa shape index (κ2) is 5.99. The predicted molar refractivity (Wildman–Crippen MR) is 67.8 cm³/mol. The van der Waals surface area contributed by atoms with Crippen molar-refractivity contribution in [1.29, 1.82) is 0 Å². The van der Waals surface area contributed by atoms with Crippen molar-refractivity contribution in [2.24, 2.45) is 0 Å². The number of fused-ring (bicyclic) bond motifs is 1. The highest BCUT2D eigenvalue weighted by Crippen LogP contribution is 2.27. The predicted octanol–water partition coefficient (Wildman–Crippen LogP) is 3.04. The highest BCUT2D eigenvalue weighted by atomic mass is 19.3. The van der Waals surface area contributed by atoms with Crippen molar-refractivity contribution in [3.8, 4) is 5.75 Å². The zero-order valence-electron chi connectivity index (χ0n) is 11.1. The smallest absolute Gasteiger partial charge is 0.319 e. The van der Waals surface area contributed by atoms with E-state index in [4.69, 9.17) is 4.74 Å². The third-order valence-electron chi connectivity index (χ3n) is 3.59.